The average molecular weight is 288 g/mol. The molecule has 0 fully saturated rings. The topological polar surface area (TPSA) is 26.3 Å². The van der Waals surface area contributed by atoms with Gasteiger partial charge in [0.1, 0.15) is 0 Å². The molecule has 108 valence electrons. The summed E-state index contributed by atoms with van der Waals surface area (Å²) >= 11 is 0. The fraction of sp³-hybridized carbons (Fsp3) is 0.0500. The Morgan fingerprint density at radius 2 is 1.64 bits per heavy atom. The largest absolute Gasteiger partial charge is 0.466 e. The summed E-state index contributed by atoms with van der Waals surface area (Å²) in [6, 6.07) is 22.8. The molecule has 22 heavy (non-hydrogen) atoms. The summed E-state index contributed by atoms with van der Waals surface area (Å²) in [5.74, 6) is -0.349. The van der Waals surface area contributed by atoms with Crippen molar-refractivity contribution in [1.82, 2.24) is 0 Å². The Morgan fingerprint density at radius 1 is 0.909 bits per heavy atom. The van der Waals surface area contributed by atoms with Crippen LogP contribution in [0, 0.1) is 0 Å². The van der Waals surface area contributed by atoms with Crippen molar-refractivity contribution in [2.75, 3.05) is 7.11 Å². The molecule has 0 aromatic heterocycles. The minimum Gasteiger partial charge on any atom is -0.466 e. The lowest BCUT2D eigenvalue weighted by atomic mass is 9.97. The van der Waals surface area contributed by atoms with Gasteiger partial charge in [0, 0.05) is 6.08 Å². The van der Waals surface area contributed by atoms with Gasteiger partial charge in [0.15, 0.2) is 0 Å². The standard InChI is InChI=1S/C20H16O2/c1-22-20(21)14-11-15-9-12-17(13-10-15)19-8-4-6-16-5-2-3-7-18(16)19/h2-14H,1H3/b14-11+. The van der Waals surface area contributed by atoms with Crippen LogP contribution < -0.4 is 0 Å². The van der Waals surface area contributed by atoms with Crippen LogP contribution in [0.4, 0.5) is 0 Å². The fourth-order valence-electron chi connectivity index (χ4n) is 2.48. The van der Waals surface area contributed by atoms with Crippen LogP contribution in [0.5, 0.6) is 0 Å². The van der Waals surface area contributed by atoms with Crippen molar-refractivity contribution in [3.63, 3.8) is 0 Å². The SMILES string of the molecule is COC(=O)/C=C/c1ccc(-c2cccc3ccccc23)cc1. The van der Waals surface area contributed by atoms with Crippen LogP contribution in [0.2, 0.25) is 0 Å². The third-order valence-electron chi connectivity index (χ3n) is 3.62. The molecular weight excluding hydrogens is 272 g/mol. The van der Waals surface area contributed by atoms with Crippen molar-refractivity contribution in [2.24, 2.45) is 0 Å². The van der Waals surface area contributed by atoms with Crippen LogP contribution in [0.3, 0.4) is 0 Å². The van der Waals surface area contributed by atoms with Gasteiger partial charge in [-0.3, -0.25) is 0 Å². The zero-order valence-corrected chi connectivity index (χ0v) is 12.3. The first kappa shape index (κ1) is 14.1. The van der Waals surface area contributed by atoms with Crippen molar-refractivity contribution in [3.05, 3.63) is 78.4 Å². The van der Waals surface area contributed by atoms with Gasteiger partial charge in [-0.05, 0) is 33.5 Å². The maximum atomic E-state index is 11.1. The summed E-state index contributed by atoms with van der Waals surface area (Å²) in [4.78, 5) is 11.1. The highest BCUT2D eigenvalue weighted by molar-refractivity contribution is 5.96. The van der Waals surface area contributed by atoms with Crippen LogP contribution in [0.25, 0.3) is 28.0 Å². The molecule has 0 radical (unpaired) electrons. The lowest BCUT2D eigenvalue weighted by Gasteiger charge is -2.07. The summed E-state index contributed by atoms with van der Waals surface area (Å²) in [6.07, 6.45) is 3.17. The molecule has 0 spiro atoms. The lowest BCUT2D eigenvalue weighted by molar-refractivity contribution is -0.134. The van der Waals surface area contributed by atoms with Crippen LogP contribution in [0.15, 0.2) is 72.8 Å². The maximum Gasteiger partial charge on any atom is 0.330 e. The lowest BCUT2D eigenvalue weighted by Crippen LogP contribution is -1.93. The number of methoxy groups -OCH3 is 1. The first-order valence-corrected chi connectivity index (χ1v) is 7.12. The van der Waals surface area contributed by atoms with E-state index in [-0.39, 0.29) is 5.97 Å². The predicted molar refractivity (Wildman–Crippen MR) is 90.4 cm³/mol. The molecule has 2 nitrogen and oxygen atoms in total. The van der Waals surface area contributed by atoms with E-state index in [0.29, 0.717) is 0 Å². The Labute approximate surface area is 129 Å². The van der Waals surface area contributed by atoms with Gasteiger partial charge in [0.05, 0.1) is 7.11 Å². The first-order valence-electron chi connectivity index (χ1n) is 7.12. The Balaban J connectivity index is 1.95. The summed E-state index contributed by atoms with van der Waals surface area (Å²) < 4.78 is 4.59. The van der Waals surface area contributed by atoms with Gasteiger partial charge in [-0.2, -0.15) is 0 Å². The van der Waals surface area contributed by atoms with E-state index >= 15 is 0 Å². The molecule has 2 heteroatoms. The smallest absolute Gasteiger partial charge is 0.330 e. The van der Waals surface area contributed by atoms with Crippen molar-refractivity contribution in [1.29, 1.82) is 0 Å². The second-order valence-electron chi connectivity index (χ2n) is 5.01. The molecule has 0 atom stereocenters. The summed E-state index contributed by atoms with van der Waals surface area (Å²) in [6.45, 7) is 0. The van der Waals surface area contributed by atoms with E-state index in [1.54, 1.807) is 6.08 Å². The molecule has 0 aliphatic rings. The third-order valence-corrected chi connectivity index (χ3v) is 3.62. The monoisotopic (exact) mass is 288 g/mol. The molecule has 0 N–H and O–H groups in total. The highest BCUT2D eigenvalue weighted by atomic mass is 16.5. The number of benzene rings is 3. The van der Waals surface area contributed by atoms with Crippen LogP contribution in [0.1, 0.15) is 5.56 Å². The van der Waals surface area contributed by atoms with E-state index < -0.39 is 0 Å². The van der Waals surface area contributed by atoms with E-state index in [1.165, 1.54) is 29.5 Å². The molecule has 0 aliphatic heterocycles. The molecule has 0 saturated heterocycles. The van der Waals surface area contributed by atoms with E-state index in [4.69, 9.17) is 0 Å². The molecule has 3 aromatic rings. The summed E-state index contributed by atoms with van der Waals surface area (Å²) in [5.41, 5.74) is 3.34. The molecule has 0 aliphatic carbocycles. The number of hydrogen-bond acceptors (Lipinski definition) is 2. The average Bonchev–Trinajstić information content (AvgIpc) is 2.59. The molecular formula is C20H16O2. The van der Waals surface area contributed by atoms with Crippen molar-refractivity contribution in [2.45, 2.75) is 0 Å². The predicted octanol–water partition coefficient (Wildman–Crippen LogP) is 4.69. The van der Waals surface area contributed by atoms with Crippen LogP contribution >= 0.6 is 0 Å². The normalized spacial score (nSPS) is 11.0. The Kier molecular flexibility index (Phi) is 4.01. The van der Waals surface area contributed by atoms with Gasteiger partial charge in [-0.15, -0.1) is 0 Å². The molecule has 0 amide bonds. The van der Waals surface area contributed by atoms with E-state index in [0.717, 1.165) is 11.1 Å². The van der Waals surface area contributed by atoms with Gasteiger partial charge in [0.2, 0.25) is 0 Å². The molecule has 0 unspecified atom stereocenters. The van der Waals surface area contributed by atoms with E-state index in [9.17, 15) is 4.79 Å². The Morgan fingerprint density at radius 3 is 2.41 bits per heavy atom. The third kappa shape index (κ3) is 2.91. The number of carbonyl (C=O) groups is 1. The van der Waals surface area contributed by atoms with Crippen molar-refractivity contribution < 1.29 is 9.53 Å². The van der Waals surface area contributed by atoms with Gasteiger partial charge >= 0.3 is 5.97 Å². The second kappa shape index (κ2) is 6.27. The minimum atomic E-state index is -0.349. The van der Waals surface area contributed by atoms with Gasteiger partial charge < -0.3 is 4.74 Å². The molecule has 0 saturated carbocycles. The minimum absolute atomic E-state index is 0.349. The van der Waals surface area contributed by atoms with Gasteiger partial charge in [-0.25, -0.2) is 4.79 Å². The number of rotatable bonds is 3. The first-order chi connectivity index (χ1) is 10.8. The van der Waals surface area contributed by atoms with E-state index in [1.807, 2.05) is 18.2 Å². The van der Waals surface area contributed by atoms with Crippen LogP contribution in [-0.2, 0) is 9.53 Å². The van der Waals surface area contributed by atoms with Crippen LogP contribution in [-0.4, -0.2) is 13.1 Å². The van der Waals surface area contributed by atoms with Crippen molar-refractivity contribution in [3.8, 4) is 11.1 Å². The quantitative estimate of drug-likeness (QED) is 0.516. The summed E-state index contributed by atoms with van der Waals surface area (Å²) in [7, 11) is 1.37. The van der Waals surface area contributed by atoms with Gasteiger partial charge in [0.25, 0.3) is 0 Å². The maximum absolute atomic E-state index is 11.1. The number of fused-ring (bicyclic) bond motifs is 1. The zero-order chi connectivity index (χ0) is 15.4. The van der Waals surface area contributed by atoms with E-state index in [2.05, 4.69) is 53.3 Å². The Hall–Kier alpha value is -2.87. The molecule has 3 rings (SSSR count). The van der Waals surface area contributed by atoms with Gasteiger partial charge in [-0.1, -0.05) is 66.7 Å². The molecule has 3 aromatic carbocycles. The number of ether oxygens (including phenoxy) is 1. The molecule has 0 heterocycles. The van der Waals surface area contributed by atoms with Crippen molar-refractivity contribution >= 4 is 22.8 Å². The second-order valence-corrected chi connectivity index (χ2v) is 5.01. The fourth-order valence-corrected chi connectivity index (χ4v) is 2.48. The zero-order valence-electron chi connectivity index (χ0n) is 12.3. The number of carbonyl (C=O) groups excluding carboxylic acids is 1. The highest BCUT2D eigenvalue weighted by Crippen LogP contribution is 2.28. The molecule has 0 bridgehead atoms. The number of hydrogen-bond donors (Lipinski definition) is 0. The number of esters is 1. The summed E-state index contributed by atoms with van der Waals surface area (Å²) in [5, 5.41) is 2.47. The highest BCUT2D eigenvalue weighted by Gasteiger charge is 2.02. The Bertz CT molecular complexity index is 824.